The van der Waals surface area contributed by atoms with Gasteiger partial charge in [-0.15, -0.1) is 11.3 Å². The van der Waals surface area contributed by atoms with Crippen LogP contribution in [0.2, 0.25) is 0 Å². The SMILES string of the molecule is CCOc1cc(/C=N/NC(=O)c2sc(-c3ccccc3)nc2C)ccc1O. The van der Waals surface area contributed by atoms with E-state index < -0.39 is 0 Å². The van der Waals surface area contributed by atoms with Gasteiger partial charge in [-0.05, 0) is 37.6 Å². The van der Waals surface area contributed by atoms with Crippen molar-refractivity contribution in [2.45, 2.75) is 13.8 Å². The molecule has 0 saturated heterocycles. The molecule has 0 saturated carbocycles. The summed E-state index contributed by atoms with van der Waals surface area (Å²) in [6, 6.07) is 14.6. The Morgan fingerprint density at radius 2 is 2.07 bits per heavy atom. The van der Waals surface area contributed by atoms with E-state index >= 15 is 0 Å². The van der Waals surface area contributed by atoms with E-state index in [0.717, 1.165) is 10.6 Å². The maximum Gasteiger partial charge on any atom is 0.283 e. The zero-order chi connectivity index (χ0) is 19.2. The number of aromatic nitrogens is 1. The van der Waals surface area contributed by atoms with Crippen LogP contribution in [0.1, 0.15) is 27.9 Å². The topological polar surface area (TPSA) is 83.8 Å². The van der Waals surface area contributed by atoms with E-state index in [4.69, 9.17) is 4.74 Å². The van der Waals surface area contributed by atoms with Crippen LogP contribution in [0.3, 0.4) is 0 Å². The fourth-order valence-electron chi connectivity index (χ4n) is 2.41. The van der Waals surface area contributed by atoms with Crippen molar-refractivity contribution in [1.29, 1.82) is 0 Å². The normalized spacial score (nSPS) is 10.9. The number of amides is 1. The highest BCUT2D eigenvalue weighted by molar-refractivity contribution is 7.17. The molecule has 0 aliphatic carbocycles. The molecule has 138 valence electrons. The van der Waals surface area contributed by atoms with Crippen molar-refractivity contribution in [3.8, 4) is 22.1 Å². The Balaban J connectivity index is 1.70. The van der Waals surface area contributed by atoms with Crippen LogP contribution >= 0.6 is 11.3 Å². The third-order valence-corrected chi connectivity index (χ3v) is 4.89. The first kappa shape index (κ1) is 18.6. The van der Waals surface area contributed by atoms with E-state index in [2.05, 4.69) is 15.5 Å². The Hall–Kier alpha value is -3.19. The van der Waals surface area contributed by atoms with Crippen LogP contribution in [-0.4, -0.2) is 28.8 Å². The lowest BCUT2D eigenvalue weighted by molar-refractivity contribution is 0.0958. The van der Waals surface area contributed by atoms with Crippen molar-refractivity contribution in [2.75, 3.05) is 6.61 Å². The average molecular weight is 381 g/mol. The van der Waals surface area contributed by atoms with Crippen LogP contribution in [0.4, 0.5) is 0 Å². The van der Waals surface area contributed by atoms with E-state index in [-0.39, 0.29) is 11.7 Å². The molecule has 0 fully saturated rings. The predicted molar refractivity (Wildman–Crippen MR) is 107 cm³/mol. The third-order valence-electron chi connectivity index (χ3n) is 3.69. The van der Waals surface area contributed by atoms with Crippen LogP contribution in [0, 0.1) is 6.92 Å². The summed E-state index contributed by atoms with van der Waals surface area (Å²) in [5.74, 6) is 0.123. The predicted octanol–water partition coefficient (Wildman–Crippen LogP) is 3.99. The molecule has 27 heavy (non-hydrogen) atoms. The lowest BCUT2D eigenvalue weighted by atomic mass is 10.2. The molecule has 0 unspecified atom stereocenters. The lowest BCUT2D eigenvalue weighted by Gasteiger charge is -2.05. The molecule has 1 aromatic heterocycles. The van der Waals surface area contributed by atoms with Gasteiger partial charge < -0.3 is 9.84 Å². The fourth-order valence-corrected chi connectivity index (χ4v) is 3.37. The quantitative estimate of drug-likeness (QED) is 0.500. The number of aromatic hydroxyl groups is 1. The van der Waals surface area contributed by atoms with Gasteiger partial charge >= 0.3 is 0 Å². The highest BCUT2D eigenvalue weighted by Gasteiger charge is 2.15. The number of ether oxygens (including phenoxy) is 1. The first-order chi connectivity index (χ1) is 13.1. The number of carbonyl (C=O) groups excluding carboxylic acids is 1. The highest BCUT2D eigenvalue weighted by atomic mass is 32.1. The van der Waals surface area contributed by atoms with E-state index in [1.54, 1.807) is 19.1 Å². The Labute approximate surface area is 161 Å². The van der Waals surface area contributed by atoms with Gasteiger partial charge in [-0.2, -0.15) is 5.10 Å². The molecule has 1 heterocycles. The highest BCUT2D eigenvalue weighted by Crippen LogP contribution is 2.28. The van der Waals surface area contributed by atoms with Crippen molar-refractivity contribution in [3.05, 3.63) is 64.7 Å². The summed E-state index contributed by atoms with van der Waals surface area (Å²) >= 11 is 1.33. The largest absolute Gasteiger partial charge is 0.504 e. The minimum Gasteiger partial charge on any atom is -0.504 e. The molecule has 3 aromatic rings. The van der Waals surface area contributed by atoms with Gasteiger partial charge in [-0.1, -0.05) is 30.3 Å². The summed E-state index contributed by atoms with van der Waals surface area (Å²) in [6.45, 7) is 4.08. The molecule has 2 aromatic carbocycles. The Bertz CT molecular complexity index is 968. The Kier molecular flexibility index (Phi) is 5.83. The van der Waals surface area contributed by atoms with Crippen LogP contribution in [0.5, 0.6) is 11.5 Å². The molecule has 0 radical (unpaired) electrons. The maximum absolute atomic E-state index is 12.4. The number of hydrazone groups is 1. The van der Waals surface area contributed by atoms with Gasteiger partial charge in [0.1, 0.15) is 9.88 Å². The first-order valence-corrected chi connectivity index (χ1v) is 9.22. The van der Waals surface area contributed by atoms with E-state index in [1.165, 1.54) is 23.6 Å². The van der Waals surface area contributed by atoms with Gasteiger partial charge in [0.05, 0.1) is 18.5 Å². The summed E-state index contributed by atoms with van der Waals surface area (Å²) in [5.41, 5.74) is 4.85. The number of phenolic OH excluding ortho intramolecular Hbond substituents is 1. The molecular weight excluding hydrogens is 362 g/mol. The van der Waals surface area contributed by atoms with Crippen LogP contribution in [0.25, 0.3) is 10.6 Å². The average Bonchev–Trinajstić information content (AvgIpc) is 3.07. The fraction of sp³-hybridized carbons (Fsp3) is 0.150. The number of nitrogens with one attached hydrogen (secondary N) is 1. The number of rotatable bonds is 6. The van der Waals surface area contributed by atoms with Gasteiger partial charge in [0, 0.05) is 5.56 Å². The van der Waals surface area contributed by atoms with Gasteiger partial charge in [0.2, 0.25) is 0 Å². The van der Waals surface area contributed by atoms with Crippen molar-refractivity contribution >= 4 is 23.5 Å². The number of aryl methyl sites for hydroxylation is 1. The smallest absolute Gasteiger partial charge is 0.283 e. The van der Waals surface area contributed by atoms with E-state index in [0.29, 0.717) is 28.5 Å². The maximum atomic E-state index is 12.4. The second kappa shape index (κ2) is 8.46. The van der Waals surface area contributed by atoms with Gasteiger partial charge in [0.15, 0.2) is 11.5 Å². The van der Waals surface area contributed by atoms with Crippen LogP contribution < -0.4 is 10.2 Å². The van der Waals surface area contributed by atoms with Crippen molar-refractivity contribution in [2.24, 2.45) is 5.10 Å². The van der Waals surface area contributed by atoms with Crippen molar-refractivity contribution in [1.82, 2.24) is 10.4 Å². The van der Waals surface area contributed by atoms with E-state index in [1.807, 2.05) is 37.3 Å². The Morgan fingerprint density at radius 1 is 1.30 bits per heavy atom. The number of phenols is 1. The van der Waals surface area contributed by atoms with Gasteiger partial charge in [0.25, 0.3) is 5.91 Å². The number of carbonyl (C=O) groups is 1. The molecule has 3 rings (SSSR count). The van der Waals surface area contributed by atoms with Gasteiger partial charge in [-0.3, -0.25) is 4.79 Å². The Morgan fingerprint density at radius 3 is 2.81 bits per heavy atom. The summed E-state index contributed by atoms with van der Waals surface area (Å²) in [7, 11) is 0. The molecule has 0 atom stereocenters. The molecule has 0 aliphatic rings. The first-order valence-electron chi connectivity index (χ1n) is 8.40. The van der Waals surface area contributed by atoms with Gasteiger partial charge in [-0.25, -0.2) is 10.4 Å². The monoisotopic (exact) mass is 381 g/mol. The second-order valence-corrected chi connectivity index (χ2v) is 6.66. The minimum absolute atomic E-state index is 0.0618. The number of benzene rings is 2. The lowest BCUT2D eigenvalue weighted by Crippen LogP contribution is -2.17. The molecule has 0 spiro atoms. The summed E-state index contributed by atoms with van der Waals surface area (Å²) in [5, 5.41) is 14.5. The number of hydrogen-bond donors (Lipinski definition) is 2. The molecule has 1 amide bonds. The van der Waals surface area contributed by atoms with Crippen LogP contribution in [0.15, 0.2) is 53.6 Å². The summed E-state index contributed by atoms with van der Waals surface area (Å²) in [6.07, 6.45) is 1.49. The van der Waals surface area contributed by atoms with Crippen molar-refractivity contribution in [3.63, 3.8) is 0 Å². The number of hydrogen-bond acceptors (Lipinski definition) is 6. The molecule has 7 heteroatoms. The van der Waals surface area contributed by atoms with E-state index in [9.17, 15) is 9.90 Å². The minimum atomic E-state index is -0.313. The zero-order valence-corrected chi connectivity index (χ0v) is 15.8. The summed E-state index contributed by atoms with van der Waals surface area (Å²) in [4.78, 5) is 17.4. The number of thiazole rings is 1. The number of nitrogens with zero attached hydrogens (tertiary/aromatic N) is 2. The molecule has 0 aliphatic heterocycles. The van der Waals surface area contributed by atoms with Crippen molar-refractivity contribution < 1.29 is 14.6 Å². The third kappa shape index (κ3) is 4.51. The molecule has 2 N–H and O–H groups in total. The van der Waals surface area contributed by atoms with Crippen LogP contribution in [-0.2, 0) is 0 Å². The second-order valence-electron chi connectivity index (χ2n) is 5.66. The summed E-state index contributed by atoms with van der Waals surface area (Å²) < 4.78 is 5.33. The molecule has 0 bridgehead atoms. The molecular formula is C20H19N3O3S. The molecule has 6 nitrogen and oxygen atoms in total. The zero-order valence-electron chi connectivity index (χ0n) is 15.0. The standard InChI is InChI=1S/C20H19N3O3S/c1-3-26-17-11-14(9-10-16(17)24)12-21-23-19(25)18-13(2)22-20(27-18)15-7-5-4-6-8-15/h4-12,24H,3H2,1-2H3,(H,23,25)/b21-12+.